The van der Waals surface area contributed by atoms with E-state index in [2.05, 4.69) is 9.80 Å². The molecule has 5 heteroatoms. The lowest BCUT2D eigenvalue weighted by Crippen LogP contribution is -2.42. The third-order valence-electron chi connectivity index (χ3n) is 6.49. The van der Waals surface area contributed by atoms with Crippen LogP contribution in [-0.4, -0.2) is 55.1 Å². The third kappa shape index (κ3) is 4.24. The fourth-order valence-electron chi connectivity index (χ4n) is 4.70. The van der Waals surface area contributed by atoms with E-state index in [1.807, 2.05) is 24.3 Å². The zero-order chi connectivity index (χ0) is 18.0. The molecule has 0 saturated carbocycles. The van der Waals surface area contributed by atoms with E-state index in [9.17, 15) is 4.79 Å². The Morgan fingerprint density at radius 2 is 1.96 bits per heavy atom. The maximum atomic E-state index is 12.6. The van der Waals surface area contributed by atoms with Gasteiger partial charge in [0.2, 0.25) is 5.91 Å². The van der Waals surface area contributed by atoms with E-state index in [1.165, 1.54) is 19.4 Å². The molecule has 0 radical (unpaired) electrons. The molecule has 0 aliphatic carbocycles. The van der Waals surface area contributed by atoms with Gasteiger partial charge in [0.15, 0.2) is 0 Å². The summed E-state index contributed by atoms with van der Waals surface area (Å²) in [6.07, 6.45) is 5.51. The Labute approximate surface area is 161 Å². The summed E-state index contributed by atoms with van der Waals surface area (Å²) in [6.45, 7) is 6.98. The fourth-order valence-corrected chi connectivity index (χ4v) is 4.82. The lowest BCUT2D eigenvalue weighted by atomic mass is 9.77. The van der Waals surface area contributed by atoms with Gasteiger partial charge in [-0.25, -0.2) is 0 Å². The number of amides is 1. The number of hydrogen-bond donors (Lipinski definition) is 0. The van der Waals surface area contributed by atoms with Crippen LogP contribution in [0.2, 0.25) is 5.02 Å². The van der Waals surface area contributed by atoms with Crippen molar-refractivity contribution in [1.82, 2.24) is 9.80 Å². The van der Waals surface area contributed by atoms with Gasteiger partial charge in [-0.15, -0.1) is 0 Å². The predicted molar refractivity (Wildman–Crippen MR) is 103 cm³/mol. The van der Waals surface area contributed by atoms with Gasteiger partial charge in [-0.1, -0.05) is 23.7 Å². The average Bonchev–Trinajstić information content (AvgIpc) is 3.25. The Morgan fingerprint density at radius 3 is 2.65 bits per heavy atom. The summed E-state index contributed by atoms with van der Waals surface area (Å²) in [5, 5.41) is 0.745. The SMILES string of the molecule is O=C1CC2(CCN(CCC3CCOC3)CC2)CN1Cc1ccc(Cl)cc1. The molecule has 1 amide bonds. The number of nitrogens with zero attached hydrogens (tertiary/aromatic N) is 2. The van der Waals surface area contributed by atoms with Crippen molar-refractivity contribution in [1.29, 1.82) is 0 Å². The quantitative estimate of drug-likeness (QED) is 0.787. The molecular formula is C21H29ClN2O2. The molecule has 142 valence electrons. The molecule has 1 spiro atoms. The van der Waals surface area contributed by atoms with Gasteiger partial charge in [0.1, 0.15) is 0 Å². The number of benzene rings is 1. The zero-order valence-electron chi connectivity index (χ0n) is 15.5. The molecule has 3 aliphatic heterocycles. The summed E-state index contributed by atoms with van der Waals surface area (Å²) in [4.78, 5) is 17.2. The number of likely N-dealkylation sites (tertiary alicyclic amines) is 2. The van der Waals surface area contributed by atoms with E-state index < -0.39 is 0 Å². The Balaban J connectivity index is 1.27. The molecule has 1 unspecified atom stereocenters. The smallest absolute Gasteiger partial charge is 0.223 e. The minimum atomic E-state index is 0.205. The van der Waals surface area contributed by atoms with Gasteiger partial charge < -0.3 is 14.5 Å². The molecule has 3 fully saturated rings. The Bertz CT molecular complexity index is 619. The van der Waals surface area contributed by atoms with Crippen molar-refractivity contribution >= 4 is 17.5 Å². The second-order valence-corrected chi connectivity index (χ2v) is 8.85. The van der Waals surface area contributed by atoms with Gasteiger partial charge in [-0.3, -0.25) is 4.79 Å². The molecule has 4 nitrogen and oxygen atoms in total. The second kappa shape index (κ2) is 7.87. The van der Waals surface area contributed by atoms with Crippen molar-refractivity contribution < 1.29 is 9.53 Å². The number of hydrogen-bond acceptors (Lipinski definition) is 3. The van der Waals surface area contributed by atoms with Crippen LogP contribution in [0.4, 0.5) is 0 Å². The van der Waals surface area contributed by atoms with E-state index in [0.29, 0.717) is 12.5 Å². The molecule has 0 aromatic heterocycles. The first-order valence-electron chi connectivity index (χ1n) is 9.94. The van der Waals surface area contributed by atoms with E-state index in [-0.39, 0.29) is 5.41 Å². The summed E-state index contributed by atoms with van der Waals surface area (Å²) < 4.78 is 5.48. The Morgan fingerprint density at radius 1 is 1.19 bits per heavy atom. The minimum absolute atomic E-state index is 0.205. The van der Waals surface area contributed by atoms with Crippen molar-refractivity contribution in [2.75, 3.05) is 39.4 Å². The van der Waals surface area contributed by atoms with Gasteiger partial charge in [0, 0.05) is 37.7 Å². The first-order chi connectivity index (χ1) is 12.6. The third-order valence-corrected chi connectivity index (χ3v) is 6.74. The van der Waals surface area contributed by atoms with Gasteiger partial charge >= 0.3 is 0 Å². The van der Waals surface area contributed by atoms with Gasteiger partial charge in [0.25, 0.3) is 0 Å². The first kappa shape index (κ1) is 18.3. The van der Waals surface area contributed by atoms with Crippen molar-refractivity contribution in [3.05, 3.63) is 34.9 Å². The van der Waals surface area contributed by atoms with E-state index in [4.69, 9.17) is 16.3 Å². The van der Waals surface area contributed by atoms with Crippen LogP contribution in [0.1, 0.15) is 37.7 Å². The predicted octanol–water partition coefficient (Wildman–Crippen LogP) is 3.58. The molecule has 0 N–H and O–H groups in total. The van der Waals surface area contributed by atoms with Crippen LogP contribution in [0.15, 0.2) is 24.3 Å². The van der Waals surface area contributed by atoms with Gasteiger partial charge in [-0.05, 0) is 74.3 Å². The Kier molecular flexibility index (Phi) is 5.53. The molecule has 3 aliphatic rings. The standard InChI is InChI=1S/C21H29ClN2O2/c22-19-3-1-17(2-4-19)14-24-16-21(13-20(24)25)7-10-23(11-8-21)9-5-18-6-12-26-15-18/h1-4,18H,5-16H2. The normalized spacial score (nSPS) is 26.1. The summed E-state index contributed by atoms with van der Waals surface area (Å²) in [5.41, 5.74) is 1.37. The zero-order valence-corrected chi connectivity index (χ0v) is 16.2. The maximum absolute atomic E-state index is 12.6. The van der Waals surface area contributed by atoms with Gasteiger partial charge in [0.05, 0.1) is 0 Å². The lowest BCUT2D eigenvalue weighted by Gasteiger charge is -2.39. The van der Waals surface area contributed by atoms with Crippen molar-refractivity contribution in [2.45, 2.75) is 38.6 Å². The summed E-state index contributed by atoms with van der Waals surface area (Å²) in [6, 6.07) is 7.86. The molecule has 26 heavy (non-hydrogen) atoms. The molecule has 0 bridgehead atoms. The number of piperidine rings is 1. The number of halogens is 1. The van der Waals surface area contributed by atoms with Crippen molar-refractivity contribution in [3.8, 4) is 0 Å². The molecule has 3 heterocycles. The molecule has 4 rings (SSSR count). The Hall–Kier alpha value is -1.10. The minimum Gasteiger partial charge on any atom is -0.381 e. The van der Waals surface area contributed by atoms with Crippen LogP contribution in [0.3, 0.4) is 0 Å². The molecule has 1 aromatic carbocycles. The van der Waals surface area contributed by atoms with Crippen LogP contribution in [-0.2, 0) is 16.1 Å². The van der Waals surface area contributed by atoms with E-state index in [0.717, 1.165) is 68.6 Å². The van der Waals surface area contributed by atoms with Crippen LogP contribution in [0.5, 0.6) is 0 Å². The topological polar surface area (TPSA) is 32.8 Å². The largest absolute Gasteiger partial charge is 0.381 e. The molecular weight excluding hydrogens is 348 g/mol. The van der Waals surface area contributed by atoms with Gasteiger partial charge in [-0.2, -0.15) is 0 Å². The monoisotopic (exact) mass is 376 g/mol. The van der Waals surface area contributed by atoms with Crippen LogP contribution in [0.25, 0.3) is 0 Å². The number of carbonyl (C=O) groups excluding carboxylic acids is 1. The highest BCUT2D eigenvalue weighted by atomic mass is 35.5. The first-order valence-corrected chi connectivity index (χ1v) is 10.3. The van der Waals surface area contributed by atoms with Crippen molar-refractivity contribution in [3.63, 3.8) is 0 Å². The molecule has 1 atom stereocenters. The number of ether oxygens (including phenoxy) is 1. The number of carbonyl (C=O) groups is 1. The van der Waals surface area contributed by atoms with Crippen LogP contribution in [0, 0.1) is 11.3 Å². The molecule has 1 aromatic rings. The molecule has 3 saturated heterocycles. The van der Waals surface area contributed by atoms with Crippen molar-refractivity contribution in [2.24, 2.45) is 11.3 Å². The fraction of sp³-hybridized carbons (Fsp3) is 0.667. The highest BCUT2D eigenvalue weighted by molar-refractivity contribution is 6.30. The number of rotatable bonds is 5. The second-order valence-electron chi connectivity index (χ2n) is 8.41. The summed E-state index contributed by atoms with van der Waals surface area (Å²) >= 11 is 5.96. The lowest BCUT2D eigenvalue weighted by molar-refractivity contribution is -0.128. The maximum Gasteiger partial charge on any atom is 0.223 e. The van der Waals surface area contributed by atoms with Crippen LogP contribution >= 0.6 is 11.6 Å². The van der Waals surface area contributed by atoms with E-state index >= 15 is 0 Å². The highest BCUT2D eigenvalue weighted by Crippen LogP contribution is 2.41. The summed E-state index contributed by atoms with van der Waals surface area (Å²) in [7, 11) is 0. The van der Waals surface area contributed by atoms with Crippen LogP contribution < -0.4 is 0 Å². The highest BCUT2D eigenvalue weighted by Gasteiger charge is 2.44. The summed E-state index contributed by atoms with van der Waals surface area (Å²) in [5.74, 6) is 1.07. The average molecular weight is 377 g/mol. The van der Waals surface area contributed by atoms with E-state index in [1.54, 1.807) is 0 Å².